The number of nitrogens with zero attached hydrogens (tertiary/aromatic N) is 1. The quantitative estimate of drug-likeness (QED) is 0.629. The van der Waals surface area contributed by atoms with E-state index in [1.54, 1.807) is 13.0 Å². The van der Waals surface area contributed by atoms with Gasteiger partial charge >= 0.3 is 5.97 Å². The summed E-state index contributed by atoms with van der Waals surface area (Å²) in [7, 11) is -3.16. The zero-order valence-electron chi connectivity index (χ0n) is 13.3. The average Bonchev–Trinajstić information content (AvgIpc) is 2.50. The fourth-order valence-corrected chi connectivity index (χ4v) is 3.79. The fourth-order valence-electron chi connectivity index (χ4n) is 2.66. The standard InChI is InChI=1S/C16H23NO4S/c1-4-22(19,20)17-9-7-14(8-10-17)16(18)21-15-6-5-12(2)11-13(15)3/h5-6,11,14H,4,7-10H2,1-3H3. The molecule has 0 radical (unpaired) electrons. The van der Waals surface area contributed by atoms with Gasteiger partial charge in [0, 0.05) is 13.1 Å². The Balaban J connectivity index is 1.95. The second-order valence-electron chi connectivity index (χ2n) is 5.76. The third-order valence-electron chi connectivity index (χ3n) is 4.09. The molecule has 0 spiro atoms. The second kappa shape index (κ2) is 6.79. The topological polar surface area (TPSA) is 63.7 Å². The number of carbonyl (C=O) groups excluding carboxylic acids is 1. The Bertz CT molecular complexity index is 646. The Morgan fingerprint density at radius 3 is 2.45 bits per heavy atom. The number of benzene rings is 1. The summed E-state index contributed by atoms with van der Waals surface area (Å²) < 4.78 is 30.6. The van der Waals surface area contributed by atoms with E-state index in [-0.39, 0.29) is 17.6 Å². The molecule has 0 aromatic heterocycles. The molecule has 0 aliphatic carbocycles. The van der Waals surface area contributed by atoms with E-state index in [0.29, 0.717) is 31.7 Å². The van der Waals surface area contributed by atoms with Crippen LogP contribution in [-0.4, -0.2) is 37.5 Å². The first kappa shape index (κ1) is 17.0. The number of piperidine rings is 1. The maximum atomic E-state index is 12.2. The smallest absolute Gasteiger partial charge is 0.314 e. The van der Waals surface area contributed by atoms with Crippen molar-refractivity contribution in [2.24, 2.45) is 5.92 Å². The van der Waals surface area contributed by atoms with Gasteiger partial charge in [-0.05, 0) is 45.2 Å². The number of hydrogen-bond acceptors (Lipinski definition) is 4. The molecular formula is C16H23NO4S. The number of aryl methyl sites for hydroxylation is 2. The molecular weight excluding hydrogens is 302 g/mol. The first-order chi connectivity index (χ1) is 10.3. The molecule has 5 nitrogen and oxygen atoms in total. The van der Waals surface area contributed by atoms with E-state index in [1.165, 1.54) is 4.31 Å². The number of rotatable bonds is 4. The molecule has 22 heavy (non-hydrogen) atoms. The number of esters is 1. The van der Waals surface area contributed by atoms with Crippen molar-refractivity contribution < 1.29 is 17.9 Å². The van der Waals surface area contributed by atoms with E-state index in [0.717, 1.165) is 11.1 Å². The van der Waals surface area contributed by atoms with E-state index in [4.69, 9.17) is 4.74 Å². The first-order valence-electron chi connectivity index (χ1n) is 7.60. The number of sulfonamides is 1. The van der Waals surface area contributed by atoms with Crippen LogP contribution in [0.15, 0.2) is 18.2 Å². The van der Waals surface area contributed by atoms with Crippen LogP contribution in [-0.2, 0) is 14.8 Å². The molecule has 1 fully saturated rings. The van der Waals surface area contributed by atoms with Gasteiger partial charge < -0.3 is 4.74 Å². The van der Waals surface area contributed by atoms with E-state index in [1.807, 2.05) is 26.0 Å². The van der Waals surface area contributed by atoms with Crippen LogP contribution in [0.25, 0.3) is 0 Å². The van der Waals surface area contributed by atoms with Gasteiger partial charge in [-0.25, -0.2) is 12.7 Å². The summed E-state index contributed by atoms with van der Waals surface area (Å²) in [6.07, 6.45) is 1.03. The van der Waals surface area contributed by atoms with Crippen LogP contribution < -0.4 is 4.74 Å². The van der Waals surface area contributed by atoms with Gasteiger partial charge in [0.1, 0.15) is 5.75 Å². The normalized spacial score (nSPS) is 17.4. The van der Waals surface area contributed by atoms with Gasteiger partial charge in [0.25, 0.3) is 0 Å². The monoisotopic (exact) mass is 325 g/mol. The lowest BCUT2D eigenvalue weighted by Crippen LogP contribution is -2.41. The fraction of sp³-hybridized carbons (Fsp3) is 0.562. The van der Waals surface area contributed by atoms with Crippen molar-refractivity contribution in [2.45, 2.75) is 33.6 Å². The molecule has 0 amide bonds. The minimum absolute atomic E-state index is 0.102. The Morgan fingerprint density at radius 2 is 1.91 bits per heavy atom. The molecule has 1 aliphatic heterocycles. The van der Waals surface area contributed by atoms with Crippen molar-refractivity contribution in [3.05, 3.63) is 29.3 Å². The molecule has 0 bridgehead atoms. The van der Waals surface area contributed by atoms with Crippen molar-refractivity contribution >= 4 is 16.0 Å². The molecule has 0 saturated carbocycles. The number of ether oxygens (including phenoxy) is 1. The highest BCUT2D eigenvalue weighted by atomic mass is 32.2. The van der Waals surface area contributed by atoms with Gasteiger partial charge in [-0.3, -0.25) is 4.79 Å². The molecule has 0 unspecified atom stereocenters. The lowest BCUT2D eigenvalue weighted by atomic mass is 9.98. The van der Waals surface area contributed by atoms with Gasteiger partial charge in [-0.1, -0.05) is 17.7 Å². The minimum Gasteiger partial charge on any atom is -0.426 e. The van der Waals surface area contributed by atoms with Crippen LogP contribution in [0, 0.1) is 19.8 Å². The Morgan fingerprint density at radius 1 is 1.27 bits per heavy atom. The summed E-state index contributed by atoms with van der Waals surface area (Å²) in [5, 5.41) is 0. The predicted octanol–water partition coefficient (Wildman–Crippen LogP) is 2.27. The highest BCUT2D eigenvalue weighted by molar-refractivity contribution is 7.89. The van der Waals surface area contributed by atoms with Crippen LogP contribution >= 0.6 is 0 Å². The van der Waals surface area contributed by atoms with Crippen molar-refractivity contribution in [3.8, 4) is 5.75 Å². The molecule has 1 aromatic carbocycles. The predicted molar refractivity (Wildman–Crippen MR) is 85.3 cm³/mol. The minimum atomic E-state index is -3.16. The van der Waals surface area contributed by atoms with E-state index < -0.39 is 10.0 Å². The maximum Gasteiger partial charge on any atom is 0.314 e. The van der Waals surface area contributed by atoms with E-state index >= 15 is 0 Å². The van der Waals surface area contributed by atoms with Gasteiger partial charge in [0.15, 0.2) is 0 Å². The van der Waals surface area contributed by atoms with Gasteiger partial charge in [0.2, 0.25) is 10.0 Å². The molecule has 1 saturated heterocycles. The molecule has 122 valence electrons. The number of carbonyl (C=O) groups is 1. The Hall–Kier alpha value is -1.40. The lowest BCUT2D eigenvalue weighted by Gasteiger charge is -2.29. The van der Waals surface area contributed by atoms with Crippen molar-refractivity contribution in [1.82, 2.24) is 4.31 Å². The SMILES string of the molecule is CCS(=O)(=O)N1CCC(C(=O)Oc2ccc(C)cc2C)CC1. The zero-order chi connectivity index (χ0) is 16.3. The van der Waals surface area contributed by atoms with Crippen LogP contribution in [0.4, 0.5) is 0 Å². The Kier molecular flexibility index (Phi) is 5.24. The van der Waals surface area contributed by atoms with E-state index in [2.05, 4.69) is 0 Å². The average molecular weight is 325 g/mol. The highest BCUT2D eigenvalue weighted by Crippen LogP contribution is 2.24. The highest BCUT2D eigenvalue weighted by Gasteiger charge is 2.31. The summed E-state index contributed by atoms with van der Waals surface area (Å²) >= 11 is 0. The summed E-state index contributed by atoms with van der Waals surface area (Å²) in [5.74, 6) is 0.189. The van der Waals surface area contributed by atoms with Crippen LogP contribution in [0.3, 0.4) is 0 Å². The van der Waals surface area contributed by atoms with Crippen LogP contribution in [0.5, 0.6) is 5.75 Å². The third kappa shape index (κ3) is 3.87. The molecule has 2 rings (SSSR count). The van der Waals surface area contributed by atoms with E-state index in [9.17, 15) is 13.2 Å². The van der Waals surface area contributed by atoms with Crippen molar-refractivity contribution in [1.29, 1.82) is 0 Å². The summed E-state index contributed by atoms with van der Waals surface area (Å²) in [6.45, 7) is 6.32. The molecule has 1 aliphatic rings. The largest absolute Gasteiger partial charge is 0.426 e. The summed E-state index contributed by atoms with van der Waals surface area (Å²) in [4.78, 5) is 12.2. The van der Waals surface area contributed by atoms with Crippen LogP contribution in [0.1, 0.15) is 30.9 Å². The van der Waals surface area contributed by atoms with Gasteiger partial charge in [0.05, 0.1) is 11.7 Å². The number of hydrogen-bond donors (Lipinski definition) is 0. The summed E-state index contributed by atoms with van der Waals surface area (Å²) in [6, 6.07) is 5.68. The van der Waals surface area contributed by atoms with Crippen molar-refractivity contribution in [3.63, 3.8) is 0 Å². The molecule has 1 aromatic rings. The molecule has 0 atom stereocenters. The Labute approximate surface area is 132 Å². The maximum absolute atomic E-state index is 12.2. The van der Waals surface area contributed by atoms with Gasteiger partial charge in [-0.15, -0.1) is 0 Å². The molecule has 6 heteroatoms. The van der Waals surface area contributed by atoms with Gasteiger partial charge in [-0.2, -0.15) is 0 Å². The zero-order valence-corrected chi connectivity index (χ0v) is 14.1. The first-order valence-corrected chi connectivity index (χ1v) is 9.21. The van der Waals surface area contributed by atoms with Crippen molar-refractivity contribution in [2.75, 3.05) is 18.8 Å². The lowest BCUT2D eigenvalue weighted by molar-refractivity contribution is -0.140. The van der Waals surface area contributed by atoms with Crippen LogP contribution in [0.2, 0.25) is 0 Å². The second-order valence-corrected chi connectivity index (χ2v) is 8.02. The molecule has 0 N–H and O–H groups in total. The summed E-state index contributed by atoms with van der Waals surface area (Å²) in [5.41, 5.74) is 2.05. The molecule has 1 heterocycles. The third-order valence-corrected chi connectivity index (χ3v) is 5.97.